The minimum absolute atomic E-state index is 0.228. The lowest BCUT2D eigenvalue weighted by atomic mass is 10.2. The van der Waals surface area contributed by atoms with Gasteiger partial charge in [0.05, 0.1) is 11.9 Å². The number of anilines is 3. The maximum absolute atomic E-state index is 6.00. The van der Waals surface area contributed by atoms with Crippen LogP contribution in [0.1, 0.15) is 12.6 Å². The summed E-state index contributed by atoms with van der Waals surface area (Å²) in [6.45, 7) is 7.09. The van der Waals surface area contributed by atoms with Crippen LogP contribution in [0.15, 0.2) is 12.3 Å². The third kappa shape index (κ3) is 3.40. The van der Waals surface area contributed by atoms with E-state index < -0.39 is 0 Å². The first-order valence-corrected chi connectivity index (χ1v) is 8.07. The number of likely N-dealkylation sites (N-methyl/N-ethyl adjacent to an activating group) is 1. The number of aromatic nitrogens is 4. The molecule has 124 valence electrons. The van der Waals surface area contributed by atoms with E-state index in [4.69, 9.17) is 11.6 Å². The first kappa shape index (κ1) is 16.0. The number of nitrogens with one attached hydrogen (secondary N) is 1. The van der Waals surface area contributed by atoms with Gasteiger partial charge in [0.15, 0.2) is 11.6 Å². The molecule has 23 heavy (non-hydrogen) atoms. The highest BCUT2D eigenvalue weighted by molar-refractivity contribution is 6.28. The molecule has 1 aliphatic heterocycles. The van der Waals surface area contributed by atoms with Crippen LogP contribution in [0.4, 0.5) is 17.3 Å². The molecule has 0 aliphatic carbocycles. The summed E-state index contributed by atoms with van der Waals surface area (Å²) in [5, 5.41) is 7.93. The summed E-state index contributed by atoms with van der Waals surface area (Å²) < 4.78 is 1.82. The number of piperazine rings is 1. The molecule has 2 aromatic heterocycles. The van der Waals surface area contributed by atoms with Gasteiger partial charge in [0.25, 0.3) is 0 Å². The second kappa shape index (κ2) is 6.33. The lowest BCUT2D eigenvalue weighted by Gasteiger charge is -2.39. The van der Waals surface area contributed by atoms with Crippen molar-refractivity contribution < 1.29 is 0 Å². The molecular weight excluding hydrogens is 314 g/mol. The average molecular weight is 336 g/mol. The van der Waals surface area contributed by atoms with Gasteiger partial charge in [-0.05, 0) is 32.5 Å². The summed E-state index contributed by atoms with van der Waals surface area (Å²) in [7, 11) is 4.06. The van der Waals surface area contributed by atoms with Crippen LogP contribution in [0.5, 0.6) is 0 Å². The first-order chi connectivity index (χ1) is 10.9. The number of rotatable bonds is 3. The lowest BCUT2D eigenvalue weighted by molar-refractivity contribution is 0.234. The average Bonchev–Trinajstić information content (AvgIpc) is 2.80. The Balaban J connectivity index is 1.88. The molecule has 7 nitrogen and oxygen atoms in total. The van der Waals surface area contributed by atoms with E-state index in [0.29, 0.717) is 11.9 Å². The standard InChI is InChI=1S/C15H22ClN7/c1-10-7-13(20-22(10)4)18-14-12(8-17-15(16)19-14)23-6-5-21(3)11(2)9-23/h7-8,11H,5-6,9H2,1-4H3,(H,17,18,19,20)/t11-/m1/s1. The van der Waals surface area contributed by atoms with Gasteiger partial charge in [-0.1, -0.05) is 0 Å². The van der Waals surface area contributed by atoms with Crippen molar-refractivity contribution in [2.45, 2.75) is 19.9 Å². The summed E-state index contributed by atoms with van der Waals surface area (Å²) >= 11 is 6.00. The fourth-order valence-electron chi connectivity index (χ4n) is 2.69. The molecule has 0 amide bonds. The molecule has 0 saturated carbocycles. The molecule has 0 unspecified atom stereocenters. The summed E-state index contributed by atoms with van der Waals surface area (Å²) in [4.78, 5) is 13.2. The predicted octanol–water partition coefficient (Wildman–Crippen LogP) is 2.06. The van der Waals surface area contributed by atoms with Crippen LogP contribution >= 0.6 is 11.6 Å². The van der Waals surface area contributed by atoms with Gasteiger partial charge in [-0.25, -0.2) is 4.98 Å². The van der Waals surface area contributed by atoms with Gasteiger partial charge in [0.1, 0.15) is 0 Å². The Morgan fingerprint density at radius 1 is 1.30 bits per heavy atom. The molecular formula is C15H22ClN7. The fourth-order valence-corrected chi connectivity index (χ4v) is 2.82. The maximum atomic E-state index is 6.00. The van der Waals surface area contributed by atoms with Gasteiger partial charge in [0, 0.05) is 44.5 Å². The minimum atomic E-state index is 0.228. The summed E-state index contributed by atoms with van der Waals surface area (Å²) in [5.41, 5.74) is 2.03. The van der Waals surface area contributed by atoms with Gasteiger partial charge in [-0.3, -0.25) is 4.68 Å². The van der Waals surface area contributed by atoms with E-state index in [1.165, 1.54) is 0 Å². The quantitative estimate of drug-likeness (QED) is 0.866. The van der Waals surface area contributed by atoms with Crippen molar-refractivity contribution in [1.29, 1.82) is 0 Å². The second-order valence-corrected chi connectivity index (χ2v) is 6.41. The second-order valence-electron chi connectivity index (χ2n) is 6.07. The SMILES string of the molecule is Cc1cc(Nc2nc(Cl)ncc2N2CCN(C)[C@H](C)C2)nn1C. The zero-order chi connectivity index (χ0) is 16.6. The van der Waals surface area contributed by atoms with Crippen LogP contribution in [0.25, 0.3) is 0 Å². The molecule has 1 fully saturated rings. The van der Waals surface area contributed by atoms with Crippen LogP contribution in [-0.2, 0) is 7.05 Å². The topological polar surface area (TPSA) is 62.1 Å². The van der Waals surface area contributed by atoms with Crippen molar-refractivity contribution in [1.82, 2.24) is 24.6 Å². The highest BCUT2D eigenvalue weighted by Gasteiger charge is 2.24. The Bertz CT molecular complexity index is 680. The molecule has 0 bridgehead atoms. The highest BCUT2D eigenvalue weighted by Crippen LogP contribution is 2.28. The van der Waals surface area contributed by atoms with Crippen LogP contribution < -0.4 is 10.2 Å². The Labute approximate surface area is 141 Å². The smallest absolute Gasteiger partial charge is 0.224 e. The molecule has 1 N–H and O–H groups in total. The van der Waals surface area contributed by atoms with Crippen molar-refractivity contribution in [3.8, 4) is 0 Å². The Hall–Kier alpha value is -1.86. The van der Waals surface area contributed by atoms with E-state index in [1.54, 1.807) is 6.20 Å². The molecule has 0 radical (unpaired) electrons. The molecule has 0 spiro atoms. The zero-order valence-corrected chi connectivity index (χ0v) is 14.7. The maximum Gasteiger partial charge on any atom is 0.224 e. The largest absolute Gasteiger partial charge is 0.364 e. The molecule has 0 aromatic carbocycles. The Morgan fingerprint density at radius 3 is 2.74 bits per heavy atom. The third-order valence-corrected chi connectivity index (χ3v) is 4.58. The van der Waals surface area contributed by atoms with Gasteiger partial charge >= 0.3 is 0 Å². The van der Waals surface area contributed by atoms with E-state index in [-0.39, 0.29) is 5.28 Å². The van der Waals surface area contributed by atoms with Crippen molar-refractivity contribution in [2.75, 3.05) is 36.9 Å². The monoisotopic (exact) mass is 335 g/mol. The minimum Gasteiger partial charge on any atom is -0.364 e. The van der Waals surface area contributed by atoms with Gasteiger partial charge in [0.2, 0.25) is 5.28 Å². The number of nitrogens with zero attached hydrogens (tertiary/aromatic N) is 6. The normalized spacial score (nSPS) is 19.2. The summed E-state index contributed by atoms with van der Waals surface area (Å²) in [5.74, 6) is 1.45. The van der Waals surface area contributed by atoms with Crippen molar-refractivity contribution in [3.63, 3.8) is 0 Å². The van der Waals surface area contributed by atoms with E-state index >= 15 is 0 Å². The van der Waals surface area contributed by atoms with Crippen LogP contribution in [0.2, 0.25) is 5.28 Å². The van der Waals surface area contributed by atoms with Gasteiger partial charge < -0.3 is 15.1 Å². The van der Waals surface area contributed by atoms with Crippen molar-refractivity contribution in [2.24, 2.45) is 7.05 Å². The van der Waals surface area contributed by atoms with E-state index in [1.807, 2.05) is 24.7 Å². The number of aryl methyl sites for hydroxylation is 2. The molecule has 2 aromatic rings. The number of hydrogen-bond donors (Lipinski definition) is 1. The Kier molecular flexibility index (Phi) is 4.41. The van der Waals surface area contributed by atoms with Gasteiger partial charge in [-0.2, -0.15) is 10.1 Å². The van der Waals surface area contributed by atoms with Crippen molar-refractivity contribution >= 4 is 28.9 Å². The van der Waals surface area contributed by atoms with E-state index in [9.17, 15) is 0 Å². The number of halogens is 1. The zero-order valence-electron chi connectivity index (χ0n) is 13.9. The molecule has 3 rings (SSSR count). The third-order valence-electron chi connectivity index (χ3n) is 4.40. The molecule has 1 saturated heterocycles. The van der Waals surface area contributed by atoms with Crippen LogP contribution in [0.3, 0.4) is 0 Å². The van der Waals surface area contributed by atoms with Crippen LogP contribution in [0, 0.1) is 6.92 Å². The fraction of sp³-hybridized carbons (Fsp3) is 0.533. The van der Waals surface area contributed by atoms with Crippen LogP contribution in [-0.4, -0.2) is 57.4 Å². The van der Waals surface area contributed by atoms with Crippen molar-refractivity contribution in [3.05, 3.63) is 23.2 Å². The lowest BCUT2D eigenvalue weighted by Crippen LogP contribution is -2.50. The van der Waals surface area contributed by atoms with Gasteiger partial charge in [-0.15, -0.1) is 0 Å². The molecule has 8 heteroatoms. The number of hydrogen-bond acceptors (Lipinski definition) is 6. The van der Waals surface area contributed by atoms with E-state index in [0.717, 1.165) is 36.8 Å². The predicted molar refractivity (Wildman–Crippen MR) is 92.6 cm³/mol. The molecule has 1 aliphatic rings. The summed E-state index contributed by atoms with van der Waals surface area (Å²) in [6.07, 6.45) is 1.78. The highest BCUT2D eigenvalue weighted by atomic mass is 35.5. The molecule has 1 atom stereocenters. The summed E-state index contributed by atoms with van der Waals surface area (Å²) in [6, 6.07) is 2.45. The molecule has 3 heterocycles. The Morgan fingerprint density at radius 2 is 2.09 bits per heavy atom. The van der Waals surface area contributed by atoms with E-state index in [2.05, 4.69) is 44.2 Å². The first-order valence-electron chi connectivity index (χ1n) is 7.69.